The van der Waals surface area contributed by atoms with Gasteiger partial charge >= 0.3 is 0 Å². The van der Waals surface area contributed by atoms with Crippen LogP contribution in [-0.2, 0) is 0 Å². The Morgan fingerprint density at radius 3 is 2.83 bits per heavy atom. The highest BCUT2D eigenvalue weighted by Crippen LogP contribution is 2.05. The van der Waals surface area contributed by atoms with Gasteiger partial charge < -0.3 is 10.6 Å². The molecule has 1 aliphatic rings. The summed E-state index contributed by atoms with van der Waals surface area (Å²) < 4.78 is 0. The second-order valence-corrected chi connectivity index (χ2v) is 3.75. The van der Waals surface area contributed by atoms with Gasteiger partial charge in [-0.2, -0.15) is 0 Å². The molecule has 0 aromatic rings. The van der Waals surface area contributed by atoms with E-state index in [-0.39, 0.29) is 0 Å². The number of nitrogens with one attached hydrogen (secondary N) is 2. The van der Waals surface area contributed by atoms with Gasteiger partial charge in [-0.1, -0.05) is 20.3 Å². The van der Waals surface area contributed by atoms with Crippen molar-refractivity contribution < 1.29 is 0 Å². The van der Waals surface area contributed by atoms with E-state index in [1.165, 1.54) is 38.8 Å². The van der Waals surface area contributed by atoms with Gasteiger partial charge in [0.1, 0.15) is 0 Å². The second-order valence-electron chi connectivity index (χ2n) is 3.75. The van der Waals surface area contributed by atoms with E-state index in [4.69, 9.17) is 0 Å². The van der Waals surface area contributed by atoms with E-state index in [9.17, 15) is 0 Å². The maximum Gasteiger partial charge on any atom is 0.0207 e. The summed E-state index contributed by atoms with van der Waals surface area (Å²) in [5.74, 6) is 0. The van der Waals surface area contributed by atoms with Crippen LogP contribution in [0.15, 0.2) is 0 Å². The predicted molar refractivity (Wildman–Crippen MR) is 53.4 cm³/mol. The third kappa shape index (κ3) is 3.11. The molecule has 2 atom stereocenters. The van der Waals surface area contributed by atoms with Crippen LogP contribution in [0.5, 0.6) is 0 Å². The van der Waals surface area contributed by atoms with Crippen LogP contribution in [0.2, 0.25) is 0 Å². The lowest BCUT2D eigenvalue weighted by molar-refractivity contribution is 0.409. The van der Waals surface area contributed by atoms with Crippen molar-refractivity contribution in [2.45, 2.75) is 51.6 Å². The van der Waals surface area contributed by atoms with Gasteiger partial charge in [0.05, 0.1) is 0 Å². The summed E-state index contributed by atoms with van der Waals surface area (Å²) in [7, 11) is 0. The van der Waals surface area contributed by atoms with E-state index >= 15 is 0 Å². The SMILES string of the molecule is CCCC(CC)NC1CCNC1. The first-order valence-electron chi connectivity index (χ1n) is 5.33. The largest absolute Gasteiger partial charge is 0.315 e. The van der Waals surface area contributed by atoms with Crippen molar-refractivity contribution in [3.8, 4) is 0 Å². The van der Waals surface area contributed by atoms with Crippen molar-refractivity contribution in [2.75, 3.05) is 13.1 Å². The molecule has 1 heterocycles. The lowest BCUT2D eigenvalue weighted by Crippen LogP contribution is -2.39. The molecule has 12 heavy (non-hydrogen) atoms. The Morgan fingerprint density at radius 1 is 1.50 bits per heavy atom. The standard InChI is InChI=1S/C10H22N2/c1-3-5-9(4-2)12-10-6-7-11-8-10/h9-12H,3-8H2,1-2H3. The van der Waals surface area contributed by atoms with Gasteiger partial charge in [-0.25, -0.2) is 0 Å². The van der Waals surface area contributed by atoms with Crippen LogP contribution in [-0.4, -0.2) is 25.2 Å². The fourth-order valence-electron chi connectivity index (χ4n) is 1.88. The zero-order chi connectivity index (χ0) is 8.81. The molecule has 0 bridgehead atoms. The fourth-order valence-corrected chi connectivity index (χ4v) is 1.88. The molecule has 0 aromatic heterocycles. The molecule has 0 amide bonds. The molecule has 0 aliphatic carbocycles. The molecule has 0 radical (unpaired) electrons. The molecule has 1 rings (SSSR count). The fraction of sp³-hybridized carbons (Fsp3) is 1.00. The van der Waals surface area contributed by atoms with Gasteiger partial charge in [0.15, 0.2) is 0 Å². The Bertz CT molecular complexity index is 108. The quantitative estimate of drug-likeness (QED) is 0.653. The van der Waals surface area contributed by atoms with Crippen LogP contribution < -0.4 is 10.6 Å². The average molecular weight is 170 g/mol. The number of hydrogen-bond donors (Lipinski definition) is 2. The minimum absolute atomic E-state index is 0.737. The van der Waals surface area contributed by atoms with E-state index < -0.39 is 0 Å². The minimum atomic E-state index is 0.737. The highest BCUT2D eigenvalue weighted by molar-refractivity contribution is 4.80. The molecule has 0 saturated carbocycles. The summed E-state index contributed by atoms with van der Waals surface area (Å²) in [6.07, 6.45) is 5.20. The van der Waals surface area contributed by atoms with Crippen molar-refractivity contribution in [2.24, 2.45) is 0 Å². The summed E-state index contributed by atoms with van der Waals surface area (Å²) in [6, 6.07) is 1.49. The number of hydrogen-bond acceptors (Lipinski definition) is 2. The van der Waals surface area contributed by atoms with Crippen molar-refractivity contribution >= 4 is 0 Å². The van der Waals surface area contributed by atoms with Gasteiger partial charge in [-0.3, -0.25) is 0 Å². The highest BCUT2D eigenvalue weighted by Gasteiger charge is 2.16. The van der Waals surface area contributed by atoms with Gasteiger partial charge in [-0.05, 0) is 25.8 Å². The smallest absolute Gasteiger partial charge is 0.0207 e. The molecule has 0 spiro atoms. The molecule has 2 N–H and O–H groups in total. The molecule has 2 nitrogen and oxygen atoms in total. The Kier molecular flexibility index (Phi) is 4.62. The second kappa shape index (κ2) is 5.55. The maximum atomic E-state index is 3.70. The first-order valence-corrected chi connectivity index (χ1v) is 5.33. The van der Waals surface area contributed by atoms with E-state index in [1.807, 2.05) is 0 Å². The van der Waals surface area contributed by atoms with Crippen molar-refractivity contribution in [1.82, 2.24) is 10.6 Å². The van der Waals surface area contributed by atoms with Crippen LogP contribution >= 0.6 is 0 Å². The summed E-state index contributed by atoms with van der Waals surface area (Å²) >= 11 is 0. The topological polar surface area (TPSA) is 24.1 Å². The summed E-state index contributed by atoms with van der Waals surface area (Å²) in [6.45, 7) is 6.90. The lowest BCUT2D eigenvalue weighted by atomic mass is 10.1. The summed E-state index contributed by atoms with van der Waals surface area (Å²) in [5.41, 5.74) is 0. The predicted octanol–water partition coefficient (Wildman–Crippen LogP) is 1.52. The Hall–Kier alpha value is -0.0800. The van der Waals surface area contributed by atoms with E-state index in [1.54, 1.807) is 0 Å². The molecule has 1 saturated heterocycles. The van der Waals surface area contributed by atoms with Crippen molar-refractivity contribution in [3.63, 3.8) is 0 Å². The zero-order valence-corrected chi connectivity index (χ0v) is 8.40. The Balaban J connectivity index is 2.16. The van der Waals surface area contributed by atoms with Crippen LogP contribution in [0.1, 0.15) is 39.5 Å². The van der Waals surface area contributed by atoms with E-state index in [0.29, 0.717) is 0 Å². The Morgan fingerprint density at radius 2 is 2.33 bits per heavy atom. The average Bonchev–Trinajstić information content (AvgIpc) is 2.56. The maximum absolute atomic E-state index is 3.70. The minimum Gasteiger partial charge on any atom is -0.315 e. The normalized spacial score (nSPS) is 26.0. The van der Waals surface area contributed by atoms with Crippen molar-refractivity contribution in [1.29, 1.82) is 0 Å². The molecule has 2 unspecified atom stereocenters. The van der Waals surface area contributed by atoms with Crippen LogP contribution in [0.3, 0.4) is 0 Å². The molecule has 1 fully saturated rings. The first kappa shape index (κ1) is 10.0. The van der Waals surface area contributed by atoms with Crippen LogP contribution in [0.25, 0.3) is 0 Å². The van der Waals surface area contributed by atoms with Crippen LogP contribution in [0.4, 0.5) is 0 Å². The summed E-state index contributed by atoms with van der Waals surface area (Å²) in [4.78, 5) is 0. The molecule has 72 valence electrons. The van der Waals surface area contributed by atoms with Crippen LogP contribution in [0, 0.1) is 0 Å². The highest BCUT2D eigenvalue weighted by atomic mass is 15.0. The first-order chi connectivity index (χ1) is 5.86. The zero-order valence-electron chi connectivity index (χ0n) is 8.40. The third-order valence-corrected chi connectivity index (χ3v) is 2.66. The molecule has 0 aromatic carbocycles. The monoisotopic (exact) mass is 170 g/mol. The molecular formula is C10H22N2. The van der Waals surface area contributed by atoms with Gasteiger partial charge in [-0.15, -0.1) is 0 Å². The van der Waals surface area contributed by atoms with Gasteiger partial charge in [0, 0.05) is 18.6 Å². The summed E-state index contributed by atoms with van der Waals surface area (Å²) in [5, 5.41) is 7.09. The van der Waals surface area contributed by atoms with E-state index in [2.05, 4.69) is 24.5 Å². The lowest BCUT2D eigenvalue weighted by Gasteiger charge is -2.20. The Labute approximate surface area is 76.1 Å². The molecular weight excluding hydrogens is 148 g/mol. The number of rotatable bonds is 5. The molecule has 1 aliphatic heterocycles. The van der Waals surface area contributed by atoms with Crippen molar-refractivity contribution in [3.05, 3.63) is 0 Å². The van der Waals surface area contributed by atoms with E-state index in [0.717, 1.165) is 12.1 Å². The van der Waals surface area contributed by atoms with Gasteiger partial charge in [0.2, 0.25) is 0 Å². The molecule has 2 heteroatoms. The third-order valence-electron chi connectivity index (χ3n) is 2.66. The van der Waals surface area contributed by atoms with Gasteiger partial charge in [0.25, 0.3) is 0 Å².